The van der Waals surface area contributed by atoms with Gasteiger partial charge in [0.1, 0.15) is 5.60 Å². The number of hydrogen-bond acceptors (Lipinski definition) is 2. The number of hydrogen-bond donors (Lipinski definition) is 1. The van der Waals surface area contributed by atoms with E-state index in [1.165, 1.54) is 0 Å². The SMILES string of the molecule is CCCn1ncc(Cl)c1C(C)(O)C1CC1. The van der Waals surface area contributed by atoms with E-state index in [-0.39, 0.29) is 0 Å². The van der Waals surface area contributed by atoms with Gasteiger partial charge in [-0.3, -0.25) is 4.68 Å². The number of aliphatic hydroxyl groups is 1. The van der Waals surface area contributed by atoms with E-state index < -0.39 is 5.60 Å². The minimum Gasteiger partial charge on any atom is -0.384 e. The highest BCUT2D eigenvalue weighted by Gasteiger charge is 2.44. The van der Waals surface area contributed by atoms with E-state index in [0.29, 0.717) is 10.9 Å². The summed E-state index contributed by atoms with van der Waals surface area (Å²) in [5.74, 6) is 0.349. The van der Waals surface area contributed by atoms with Gasteiger partial charge in [0.15, 0.2) is 0 Å². The maximum atomic E-state index is 10.5. The zero-order valence-electron chi connectivity index (χ0n) is 9.20. The summed E-state index contributed by atoms with van der Waals surface area (Å²) < 4.78 is 1.83. The van der Waals surface area contributed by atoms with Crippen LogP contribution in [-0.4, -0.2) is 14.9 Å². The van der Waals surface area contributed by atoms with Gasteiger partial charge in [0, 0.05) is 6.54 Å². The molecule has 1 N–H and O–H groups in total. The molecule has 84 valence electrons. The van der Waals surface area contributed by atoms with Crippen LogP contribution in [0.3, 0.4) is 0 Å². The third kappa shape index (κ3) is 1.91. The lowest BCUT2D eigenvalue weighted by molar-refractivity contribution is 0.0239. The van der Waals surface area contributed by atoms with Crippen molar-refractivity contribution in [3.05, 3.63) is 16.9 Å². The third-order valence-corrected chi connectivity index (χ3v) is 3.36. The number of nitrogens with zero attached hydrogens (tertiary/aromatic N) is 2. The minimum absolute atomic E-state index is 0.349. The average molecular weight is 229 g/mol. The zero-order valence-corrected chi connectivity index (χ0v) is 9.96. The minimum atomic E-state index is -0.817. The monoisotopic (exact) mass is 228 g/mol. The molecule has 2 rings (SSSR count). The first kappa shape index (κ1) is 11.0. The largest absolute Gasteiger partial charge is 0.384 e. The predicted molar refractivity (Wildman–Crippen MR) is 59.8 cm³/mol. The molecule has 1 saturated carbocycles. The van der Waals surface area contributed by atoms with Crippen LogP contribution < -0.4 is 0 Å². The Balaban J connectivity index is 2.35. The van der Waals surface area contributed by atoms with Gasteiger partial charge in [-0.2, -0.15) is 5.10 Å². The van der Waals surface area contributed by atoms with Crippen molar-refractivity contribution < 1.29 is 5.11 Å². The standard InChI is InChI=1S/C11H17ClN2O/c1-3-6-14-10(9(12)7-13-14)11(2,15)8-4-5-8/h7-8,15H,3-6H2,1-2H3. The van der Waals surface area contributed by atoms with Crippen LogP contribution in [-0.2, 0) is 12.1 Å². The van der Waals surface area contributed by atoms with Crippen molar-refractivity contribution in [1.29, 1.82) is 0 Å². The van der Waals surface area contributed by atoms with E-state index in [2.05, 4.69) is 12.0 Å². The van der Waals surface area contributed by atoms with Crippen molar-refractivity contribution in [3.8, 4) is 0 Å². The average Bonchev–Trinajstić information content (AvgIpc) is 2.93. The van der Waals surface area contributed by atoms with Crippen LogP contribution in [0.4, 0.5) is 0 Å². The van der Waals surface area contributed by atoms with Gasteiger partial charge in [-0.25, -0.2) is 0 Å². The van der Waals surface area contributed by atoms with Crippen LogP contribution in [0.1, 0.15) is 38.8 Å². The fraction of sp³-hybridized carbons (Fsp3) is 0.727. The lowest BCUT2D eigenvalue weighted by Gasteiger charge is -2.24. The lowest BCUT2D eigenvalue weighted by atomic mass is 9.96. The van der Waals surface area contributed by atoms with Gasteiger partial charge in [-0.1, -0.05) is 18.5 Å². The summed E-state index contributed by atoms with van der Waals surface area (Å²) in [7, 11) is 0. The van der Waals surface area contributed by atoms with Gasteiger partial charge in [-0.15, -0.1) is 0 Å². The molecule has 0 radical (unpaired) electrons. The molecule has 1 aromatic rings. The van der Waals surface area contributed by atoms with Crippen molar-refractivity contribution in [3.63, 3.8) is 0 Å². The van der Waals surface area contributed by atoms with E-state index in [1.807, 2.05) is 11.6 Å². The first-order valence-corrected chi connectivity index (χ1v) is 5.89. The summed E-state index contributed by atoms with van der Waals surface area (Å²) in [5, 5.41) is 15.2. The van der Waals surface area contributed by atoms with Crippen LogP contribution in [0.5, 0.6) is 0 Å². The molecule has 1 aliphatic rings. The molecule has 0 spiro atoms. The second kappa shape index (κ2) is 3.80. The van der Waals surface area contributed by atoms with E-state index in [9.17, 15) is 5.11 Å². The highest BCUT2D eigenvalue weighted by molar-refractivity contribution is 6.31. The highest BCUT2D eigenvalue weighted by atomic mass is 35.5. The summed E-state index contributed by atoms with van der Waals surface area (Å²) in [4.78, 5) is 0. The molecule has 3 nitrogen and oxygen atoms in total. The molecule has 1 unspecified atom stereocenters. The van der Waals surface area contributed by atoms with E-state index in [4.69, 9.17) is 11.6 Å². The molecule has 0 saturated heterocycles. The van der Waals surface area contributed by atoms with Crippen molar-refractivity contribution in [2.75, 3.05) is 0 Å². The second-order valence-corrected chi connectivity index (χ2v) is 4.89. The molecule has 0 aliphatic heterocycles. The van der Waals surface area contributed by atoms with Gasteiger partial charge in [0.25, 0.3) is 0 Å². The molecule has 1 fully saturated rings. The lowest BCUT2D eigenvalue weighted by Crippen LogP contribution is -2.28. The Hall–Kier alpha value is -0.540. The van der Waals surface area contributed by atoms with Crippen LogP contribution >= 0.6 is 11.6 Å². The number of halogens is 1. The van der Waals surface area contributed by atoms with Crippen LogP contribution in [0, 0.1) is 5.92 Å². The normalized spacial score (nSPS) is 20.3. The molecular formula is C11H17ClN2O. The number of rotatable bonds is 4. The van der Waals surface area contributed by atoms with Gasteiger partial charge >= 0.3 is 0 Å². The fourth-order valence-electron chi connectivity index (χ4n) is 2.09. The molecule has 1 aliphatic carbocycles. The highest BCUT2D eigenvalue weighted by Crippen LogP contribution is 2.47. The van der Waals surface area contributed by atoms with Crippen molar-refractivity contribution in [1.82, 2.24) is 9.78 Å². The topological polar surface area (TPSA) is 38.0 Å². The Labute approximate surface area is 95.0 Å². The number of aryl methyl sites for hydroxylation is 1. The predicted octanol–water partition coefficient (Wildman–Crippen LogP) is 2.56. The molecule has 4 heteroatoms. The fourth-order valence-corrected chi connectivity index (χ4v) is 2.42. The Morgan fingerprint density at radius 1 is 1.67 bits per heavy atom. The third-order valence-electron chi connectivity index (χ3n) is 3.08. The van der Waals surface area contributed by atoms with E-state index >= 15 is 0 Å². The van der Waals surface area contributed by atoms with E-state index in [0.717, 1.165) is 31.5 Å². The Bertz CT molecular complexity index is 355. The second-order valence-electron chi connectivity index (χ2n) is 4.49. The zero-order chi connectivity index (χ0) is 11.1. The summed E-state index contributed by atoms with van der Waals surface area (Å²) in [6, 6.07) is 0. The van der Waals surface area contributed by atoms with Crippen LogP contribution in [0.15, 0.2) is 6.20 Å². The summed E-state index contributed by atoms with van der Waals surface area (Å²) in [6.45, 7) is 4.75. The van der Waals surface area contributed by atoms with Crippen molar-refractivity contribution >= 4 is 11.6 Å². The van der Waals surface area contributed by atoms with Crippen LogP contribution in [0.25, 0.3) is 0 Å². The van der Waals surface area contributed by atoms with Crippen molar-refractivity contribution in [2.45, 2.75) is 45.3 Å². The first-order valence-electron chi connectivity index (χ1n) is 5.51. The Morgan fingerprint density at radius 2 is 2.33 bits per heavy atom. The van der Waals surface area contributed by atoms with Gasteiger partial charge in [0.05, 0.1) is 16.9 Å². The number of aromatic nitrogens is 2. The molecule has 0 bridgehead atoms. The maximum Gasteiger partial charge on any atom is 0.108 e. The molecule has 0 aromatic carbocycles. The maximum absolute atomic E-state index is 10.5. The summed E-state index contributed by atoms with van der Waals surface area (Å²) >= 11 is 6.09. The molecular weight excluding hydrogens is 212 g/mol. The first-order chi connectivity index (χ1) is 7.07. The Kier molecular flexibility index (Phi) is 2.77. The quantitative estimate of drug-likeness (QED) is 0.860. The molecule has 0 amide bonds. The van der Waals surface area contributed by atoms with Gasteiger partial charge in [0.2, 0.25) is 0 Å². The van der Waals surface area contributed by atoms with E-state index in [1.54, 1.807) is 6.20 Å². The molecule has 1 aromatic heterocycles. The van der Waals surface area contributed by atoms with Crippen LogP contribution in [0.2, 0.25) is 5.02 Å². The molecule has 15 heavy (non-hydrogen) atoms. The summed E-state index contributed by atoms with van der Waals surface area (Å²) in [6.07, 6.45) is 4.79. The Morgan fingerprint density at radius 3 is 2.87 bits per heavy atom. The van der Waals surface area contributed by atoms with Gasteiger partial charge < -0.3 is 5.11 Å². The smallest absolute Gasteiger partial charge is 0.108 e. The molecule has 1 heterocycles. The van der Waals surface area contributed by atoms with Gasteiger partial charge in [-0.05, 0) is 32.1 Å². The summed E-state index contributed by atoms with van der Waals surface area (Å²) in [5.41, 5.74) is -0.0310. The van der Waals surface area contributed by atoms with Crippen molar-refractivity contribution in [2.24, 2.45) is 5.92 Å². The molecule has 1 atom stereocenters.